The zero-order valence-electron chi connectivity index (χ0n) is 10.4. The first-order valence-corrected chi connectivity index (χ1v) is 6.76. The van der Waals surface area contributed by atoms with Crippen LogP contribution in [0.15, 0.2) is 0 Å². The summed E-state index contributed by atoms with van der Waals surface area (Å²) in [6.07, 6.45) is -0.600. The summed E-state index contributed by atoms with van der Waals surface area (Å²) in [5.74, 6) is 0.0168. The first kappa shape index (κ1) is 15.1. The Bertz CT molecular complexity index is 210. The Kier molecular flexibility index (Phi) is 5.99. The molecule has 4 heteroatoms. The van der Waals surface area contributed by atoms with Crippen LogP contribution in [0.5, 0.6) is 0 Å². The van der Waals surface area contributed by atoms with Gasteiger partial charge in [0.2, 0.25) is 0 Å². The molecule has 0 aliphatic carbocycles. The van der Waals surface area contributed by atoms with Crippen LogP contribution >= 0.6 is 0 Å². The molecule has 0 aromatic rings. The van der Waals surface area contributed by atoms with Gasteiger partial charge in [-0.1, -0.05) is 13.8 Å². The van der Waals surface area contributed by atoms with Gasteiger partial charge in [-0.25, -0.2) is 0 Å². The van der Waals surface area contributed by atoms with Crippen LogP contribution < -0.4 is 0 Å². The number of hydrogen-bond donors (Lipinski definition) is 2. The molecule has 0 rings (SSSR count). The molecule has 15 heavy (non-hydrogen) atoms. The van der Waals surface area contributed by atoms with E-state index in [9.17, 15) is 14.4 Å². The lowest BCUT2D eigenvalue weighted by Gasteiger charge is -2.26. The Balaban J connectivity index is 4.25. The summed E-state index contributed by atoms with van der Waals surface area (Å²) in [6, 6.07) is 0. The predicted molar refractivity (Wildman–Crippen MR) is 64.2 cm³/mol. The Labute approximate surface area is 95.4 Å². The lowest BCUT2D eigenvalue weighted by molar-refractivity contribution is 0.0315. The summed E-state index contributed by atoms with van der Waals surface area (Å²) in [6.45, 7) is 9.32. The maximum absolute atomic E-state index is 11.8. The number of rotatable bonds is 5. The van der Waals surface area contributed by atoms with Gasteiger partial charge in [0, 0.05) is 21.5 Å². The highest BCUT2D eigenvalue weighted by Gasteiger charge is 2.27. The highest BCUT2D eigenvalue weighted by Crippen LogP contribution is 2.17. The molecular formula is C11H24O3S. The van der Waals surface area contributed by atoms with Gasteiger partial charge in [0.25, 0.3) is 0 Å². The summed E-state index contributed by atoms with van der Waals surface area (Å²) >= 11 is 0. The summed E-state index contributed by atoms with van der Waals surface area (Å²) in [7, 11) is -1.07. The molecule has 92 valence electrons. The topological polar surface area (TPSA) is 57.5 Å². The van der Waals surface area contributed by atoms with Gasteiger partial charge in [0.15, 0.2) is 0 Å². The fourth-order valence-electron chi connectivity index (χ4n) is 1.19. The van der Waals surface area contributed by atoms with Gasteiger partial charge in [-0.15, -0.1) is 0 Å². The average Bonchev–Trinajstić information content (AvgIpc) is 2.13. The van der Waals surface area contributed by atoms with E-state index in [1.165, 1.54) is 0 Å². The smallest absolute Gasteiger partial charge is 0.0705 e. The molecule has 0 aliphatic heterocycles. The summed E-state index contributed by atoms with van der Waals surface area (Å²) in [5.41, 5.74) is 0. The molecule has 0 aliphatic rings. The molecule has 0 heterocycles. The normalized spacial score (nSPS) is 20.7. The lowest BCUT2D eigenvalue weighted by atomic mass is 9.97. The van der Waals surface area contributed by atoms with Crippen LogP contribution in [0.3, 0.4) is 0 Å². The molecule has 0 saturated heterocycles. The molecule has 3 nitrogen and oxygen atoms in total. The number of hydrogen-bond acceptors (Lipinski definition) is 3. The van der Waals surface area contributed by atoms with Crippen molar-refractivity contribution in [2.24, 2.45) is 5.92 Å². The SMILES string of the molecule is CC[C@H](O)[C@@H](C)[C@@H](O)CS(=O)C(C)(C)C. The van der Waals surface area contributed by atoms with Crippen LogP contribution in [-0.4, -0.2) is 37.1 Å². The van der Waals surface area contributed by atoms with E-state index in [0.29, 0.717) is 6.42 Å². The average molecular weight is 236 g/mol. The zero-order valence-corrected chi connectivity index (χ0v) is 11.2. The largest absolute Gasteiger partial charge is 0.393 e. The fraction of sp³-hybridized carbons (Fsp3) is 1.00. The molecule has 0 amide bonds. The maximum atomic E-state index is 11.8. The molecule has 0 saturated carbocycles. The molecule has 1 unspecified atom stereocenters. The second kappa shape index (κ2) is 5.97. The zero-order chi connectivity index (χ0) is 12.2. The van der Waals surface area contributed by atoms with Crippen molar-refractivity contribution in [2.45, 2.75) is 58.0 Å². The number of aliphatic hydroxyl groups is 2. The molecule has 4 atom stereocenters. The minimum absolute atomic E-state index is 0.221. The van der Waals surface area contributed by atoms with E-state index < -0.39 is 23.0 Å². The Morgan fingerprint density at radius 2 is 1.67 bits per heavy atom. The van der Waals surface area contributed by atoms with Crippen molar-refractivity contribution in [3.8, 4) is 0 Å². The molecule has 0 spiro atoms. The van der Waals surface area contributed by atoms with Crippen molar-refractivity contribution in [2.75, 3.05) is 5.75 Å². The highest BCUT2D eigenvalue weighted by atomic mass is 32.2. The van der Waals surface area contributed by atoms with Crippen molar-refractivity contribution in [3.63, 3.8) is 0 Å². The molecule has 0 fully saturated rings. The van der Waals surface area contributed by atoms with Crippen LogP contribution in [0.25, 0.3) is 0 Å². The molecule has 0 aromatic heterocycles. The molecule has 2 N–H and O–H groups in total. The maximum Gasteiger partial charge on any atom is 0.0705 e. The fourth-order valence-corrected chi connectivity index (χ4v) is 2.30. The highest BCUT2D eigenvalue weighted by molar-refractivity contribution is 7.86. The minimum atomic E-state index is -1.07. The van der Waals surface area contributed by atoms with Gasteiger partial charge in [0.05, 0.1) is 18.0 Å². The second-order valence-corrected chi connectivity index (χ2v) is 7.28. The van der Waals surface area contributed by atoms with E-state index in [0.717, 1.165) is 0 Å². The van der Waals surface area contributed by atoms with Crippen molar-refractivity contribution in [1.29, 1.82) is 0 Å². The van der Waals surface area contributed by atoms with E-state index in [4.69, 9.17) is 0 Å². The first-order chi connectivity index (χ1) is 6.70. The standard InChI is InChI=1S/C11H24O3S/c1-6-9(12)8(2)10(13)7-15(14)11(3,4)5/h8-10,12-13H,6-7H2,1-5H3/t8-,9+,10+,15?/m1/s1. The quantitative estimate of drug-likeness (QED) is 0.756. The van der Waals surface area contributed by atoms with Gasteiger partial charge in [-0.05, 0) is 27.2 Å². The Hall–Kier alpha value is 0.0700. The summed E-state index contributed by atoms with van der Waals surface area (Å²) in [5, 5.41) is 19.4. The lowest BCUT2D eigenvalue weighted by Crippen LogP contribution is -2.37. The van der Waals surface area contributed by atoms with Gasteiger partial charge in [-0.2, -0.15) is 0 Å². The van der Waals surface area contributed by atoms with E-state index in [2.05, 4.69) is 0 Å². The van der Waals surface area contributed by atoms with E-state index in [1.807, 2.05) is 27.7 Å². The van der Waals surface area contributed by atoms with Crippen molar-refractivity contribution in [3.05, 3.63) is 0 Å². The minimum Gasteiger partial charge on any atom is -0.393 e. The van der Waals surface area contributed by atoms with Crippen molar-refractivity contribution in [1.82, 2.24) is 0 Å². The van der Waals surface area contributed by atoms with Crippen LogP contribution in [0, 0.1) is 5.92 Å². The van der Waals surface area contributed by atoms with Gasteiger partial charge in [0.1, 0.15) is 0 Å². The third kappa shape index (κ3) is 5.09. The monoisotopic (exact) mass is 236 g/mol. The van der Waals surface area contributed by atoms with Gasteiger partial charge < -0.3 is 10.2 Å². The van der Waals surface area contributed by atoms with E-state index in [-0.39, 0.29) is 16.4 Å². The second-order valence-electron chi connectivity index (χ2n) is 5.03. The van der Waals surface area contributed by atoms with Gasteiger partial charge >= 0.3 is 0 Å². The van der Waals surface area contributed by atoms with Crippen LogP contribution in [-0.2, 0) is 10.8 Å². The van der Waals surface area contributed by atoms with Crippen LogP contribution in [0.2, 0.25) is 0 Å². The van der Waals surface area contributed by atoms with E-state index in [1.54, 1.807) is 6.92 Å². The first-order valence-electron chi connectivity index (χ1n) is 5.44. The van der Waals surface area contributed by atoms with Crippen molar-refractivity contribution < 1.29 is 14.4 Å². The molecule has 0 bridgehead atoms. The van der Waals surface area contributed by atoms with Crippen molar-refractivity contribution >= 4 is 10.8 Å². The van der Waals surface area contributed by atoms with E-state index >= 15 is 0 Å². The summed E-state index contributed by atoms with van der Waals surface area (Å²) < 4.78 is 11.5. The molecule has 0 radical (unpaired) electrons. The molecule has 0 aromatic carbocycles. The third-order valence-electron chi connectivity index (χ3n) is 2.64. The Morgan fingerprint density at radius 3 is 2.00 bits per heavy atom. The number of aliphatic hydroxyl groups excluding tert-OH is 2. The van der Waals surface area contributed by atoms with Crippen LogP contribution in [0.1, 0.15) is 41.0 Å². The molecular weight excluding hydrogens is 212 g/mol. The third-order valence-corrected chi connectivity index (χ3v) is 4.65. The Morgan fingerprint density at radius 1 is 1.20 bits per heavy atom. The predicted octanol–water partition coefficient (Wildman–Crippen LogP) is 1.30. The summed E-state index contributed by atoms with van der Waals surface area (Å²) in [4.78, 5) is 0. The van der Waals surface area contributed by atoms with Crippen LogP contribution in [0.4, 0.5) is 0 Å². The van der Waals surface area contributed by atoms with Gasteiger partial charge in [-0.3, -0.25) is 4.21 Å².